The zero-order chi connectivity index (χ0) is 18.8. The predicted molar refractivity (Wildman–Crippen MR) is 113 cm³/mol. The van der Waals surface area contributed by atoms with Crippen molar-refractivity contribution >= 4 is 40.5 Å². The van der Waals surface area contributed by atoms with Crippen molar-refractivity contribution in [3.8, 4) is 5.69 Å². The number of carbonyl (C=O) groups is 1. The summed E-state index contributed by atoms with van der Waals surface area (Å²) in [5.74, 6) is -0.934. The maximum atomic E-state index is 11.3. The lowest BCUT2D eigenvalue weighted by atomic mass is 10.1. The Morgan fingerprint density at radius 2 is 1.81 bits per heavy atom. The number of nitrogens with zero attached hydrogens (tertiary/aromatic N) is 2. The number of hydrogen-bond acceptors (Lipinski definition) is 2. The summed E-state index contributed by atoms with van der Waals surface area (Å²) in [6.45, 7) is 5.91. The van der Waals surface area contributed by atoms with Crippen LogP contribution in [-0.2, 0) is 0 Å². The summed E-state index contributed by atoms with van der Waals surface area (Å²) in [6, 6.07) is 15.6. The molecule has 3 rings (SSSR count). The van der Waals surface area contributed by atoms with E-state index < -0.39 is 5.97 Å². The summed E-state index contributed by atoms with van der Waals surface area (Å²) in [6.07, 6.45) is 1.81. The first kappa shape index (κ1) is 18.4. The van der Waals surface area contributed by atoms with Gasteiger partial charge in [0.05, 0.1) is 11.3 Å². The molecule has 0 amide bonds. The molecule has 0 bridgehead atoms. The van der Waals surface area contributed by atoms with Crippen molar-refractivity contribution in [2.24, 2.45) is 4.99 Å². The Hall–Kier alpha value is -2.41. The van der Waals surface area contributed by atoms with Gasteiger partial charge in [-0.15, -0.1) is 0 Å². The van der Waals surface area contributed by atoms with Gasteiger partial charge < -0.3 is 9.67 Å². The first-order valence-corrected chi connectivity index (χ1v) is 9.28. The molecule has 0 radical (unpaired) electrons. The van der Waals surface area contributed by atoms with Crippen LogP contribution >= 0.6 is 22.6 Å². The van der Waals surface area contributed by atoms with Gasteiger partial charge >= 0.3 is 5.97 Å². The van der Waals surface area contributed by atoms with Crippen LogP contribution in [-0.4, -0.2) is 21.9 Å². The molecule has 1 heterocycles. The van der Waals surface area contributed by atoms with E-state index in [1.807, 2.05) is 6.07 Å². The largest absolute Gasteiger partial charge is 0.478 e. The summed E-state index contributed by atoms with van der Waals surface area (Å²) in [5, 5.41) is 9.25. The fraction of sp³-hybridized carbons (Fsp3) is 0.143. The highest BCUT2D eigenvalue weighted by atomic mass is 127. The highest BCUT2D eigenvalue weighted by Gasteiger charge is 2.11. The van der Waals surface area contributed by atoms with Gasteiger partial charge in [0.15, 0.2) is 0 Å². The van der Waals surface area contributed by atoms with Crippen LogP contribution in [0.3, 0.4) is 0 Å². The summed E-state index contributed by atoms with van der Waals surface area (Å²) in [5.41, 5.74) is 5.97. The lowest BCUT2D eigenvalue weighted by Gasteiger charge is -2.09. The lowest BCUT2D eigenvalue weighted by molar-refractivity contribution is 0.0696. The first-order chi connectivity index (χ1) is 12.4. The van der Waals surface area contributed by atoms with Crippen LogP contribution in [0.15, 0.2) is 53.5 Å². The van der Waals surface area contributed by atoms with E-state index in [2.05, 4.69) is 76.3 Å². The molecule has 1 N–H and O–H groups in total. The van der Waals surface area contributed by atoms with Crippen LogP contribution in [0.1, 0.15) is 32.9 Å². The molecule has 1 aromatic heterocycles. The number of hydrogen-bond donors (Lipinski definition) is 1. The Morgan fingerprint density at radius 3 is 2.46 bits per heavy atom. The number of aromatic carboxylic acids is 1. The topological polar surface area (TPSA) is 54.6 Å². The third kappa shape index (κ3) is 3.58. The minimum absolute atomic E-state index is 0.281. The van der Waals surface area contributed by atoms with E-state index in [0.717, 1.165) is 22.6 Å². The fourth-order valence-electron chi connectivity index (χ4n) is 3.04. The molecule has 0 aliphatic rings. The van der Waals surface area contributed by atoms with Gasteiger partial charge in [-0.3, -0.25) is 4.99 Å². The molecular formula is C21H19IN2O2. The van der Waals surface area contributed by atoms with Crippen molar-refractivity contribution in [1.29, 1.82) is 0 Å². The van der Waals surface area contributed by atoms with Gasteiger partial charge in [-0.2, -0.15) is 0 Å². The normalized spacial score (nSPS) is 11.2. The standard InChI is InChI=1S/C21H19IN2O2/c1-13-11-16(15(3)24(13)18-9-7-17(22)8-10-18)12-23-20-6-4-5-19(14(20)2)21(25)26/h4-12H,1-3H3,(H,25,26). The van der Waals surface area contributed by atoms with Crippen molar-refractivity contribution in [3.05, 3.63) is 80.2 Å². The average Bonchev–Trinajstić information content (AvgIpc) is 2.88. The van der Waals surface area contributed by atoms with Crippen LogP contribution < -0.4 is 0 Å². The Morgan fingerprint density at radius 1 is 1.12 bits per heavy atom. The number of carboxylic acids is 1. The molecule has 4 nitrogen and oxygen atoms in total. The molecule has 0 saturated heterocycles. The van der Waals surface area contributed by atoms with Crippen LogP contribution in [0.25, 0.3) is 5.69 Å². The van der Waals surface area contributed by atoms with E-state index in [4.69, 9.17) is 0 Å². The van der Waals surface area contributed by atoms with Gasteiger partial charge in [0.2, 0.25) is 0 Å². The maximum Gasteiger partial charge on any atom is 0.336 e. The second kappa shape index (κ2) is 7.45. The highest BCUT2D eigenvalue weighted by Crippen LogP contribution is 2.24. The van der Waals surface area contributed by atoms with Crippen molar-refractivity contribution in [2.75, 3.05) is 0 Å². The summed E-state index contributed by atoms with van der Waals surface area (Å²) in [7, 11) is 0. The SMILES string of the molecule is Cc1c(N=Cc2cc(C)n(-c3ccc(I)cc3)c2C)cccc1C(=O)O. The number of benzene rings is 2. The molecule has 26 heavy (non-hydrogen) atoms. The molecule has 2 aromatic carbocycles. The zero-order valence-electron chi connectivity index (χ0n) is 14.8. The van der Waals surface area contributed by atoms with Crippen molar-refractivity contribution < 1.29 is 9.90 Å². The van der Waals surface area contributed by atoms with Crippen molar-refractivity contribution in [1.82, 2.24) is 4.57 Å². The third-order valence-electron chi connectivity index (χ3n) is 4.43. The molecule has 0 spiro atoms. The number of carboxylic acid groups (broad SMARTS) is 1. The number of rotatable bonds is 4. The Balaban J connectivity index is 1.98. The van der Waals surface area contributed by atoms with Gasteiger partial charge in [0.25, 0.3) is 0 Å². The van der Waals surface area contributed by atoms with E-state index in [9.17, 15) is 9.90 Å². The van der Waals surface area contributed by atoms with E-state index in [0.29, 0.717) is 11.3 Å². The van der Waals surface area contributed by atoms with E-state index in [-0.39, 0.29) is 5.56 Å². The Labute approximate surface area is 166 Å². The van der Waals surface area contributed by atoms with Gasteiger partial charge in [0.1, 0.15) is 0 Å². The van der Waals surface area contributed by atoms with Crippen molar-refractivity contribution in [2.45, 2.75) is 20.8 Å². The molecule has 0 fully saturated rings. The predicted octanol–water partition coefficient (Wildman–Crippen LogP) is 5.46. The van der Waals surface area contributed by atoms with E-state index >= 15 is 0 Å². The first-order valence-electron chi connectivity index (χ1n) is 8.20. The van der Waals surface area contributed by atoms with Gasteiger partial charge in [-0.25, -0.2) is 4.79 Å². The molecule has 0 aliphatic carbocycles. The lowest BCUT2D eigenvalue weighted by Crippen LogP contribution is -2.00. The second-order valence-electron chi connectivity index (χ2n) is 6.15. The Kier molecular flexibility index (Phi) is 5.27. The zero-order valence-corrected chi connectivity index (χ0v) is 17.0. The molecule has 132 valence electrons. The molecule has 0 unspecified atom stereocenters. The second-order valence-corrected chi connectivity index (χ2v) is 7.40. The van der Waals surface area contributed by atoms with Gasteiger partial charge in [-0.05, 0) is 91.4 Å². The van der Waals surface area contributed by atoms with Gasteiger partial charge in [0, 0.05) is 32.4 Å². The average molecular weight is 458 g/mol. The maximum absolute atomic E-state index is 11.3. The van der Waals surface area contributed by atoms with Crippen LogP contribution in [0, 0.1) is 24.3 Å². The minimum atomic E-state index is -0.934. The number of halogens is 1. The number of aromatic nitrogens is 1. The molecule has 0 atom stereocenters. The number of aliphatic imine (C=N–C) groups is 1. The number of aryl methyl sites for hydroxylation is 1. The molecular weight excluding hydrogens is 439 g/mol. The molecule has 5 heteroatoms. The highest BCUT2D eigenvalue weighted by molar-refractivity contribution is 14.1. The third-order valence-corrected chi connectivity index (χ3v) is 5.15. The van der Waals surface area contributed by atoms with Crippen LogP contribution in [0.5, 0.6) is 0 Å². The summed E-state index contributed by atoms with van der Waals surface area (Å²) < 4.78 is 3.39. The van der Waals surface area contributed by atoms with Crippen LogP contribution in [0.4, 0.5) is 5.69 Å². The summed E-state index contributed by atoms with van der Waals surface area (Å²) in [4.78, 5) is 15.8. The van der Waals surface area contributed by atoms with E-state index in [1.165, 1.54) is 3.57 Å². The Bertz CT molecular complexity index is 1000. The fourth-order valence-corrected chi connectivity index (χ4v) is 3.40. The minimum Gasteiger partial charge on any atom is -0.478 e. The van der Waals surface area contributed by atoms with E-state index in [1.54, 1.807) is 25.3 Å². The van der Waals surface area contributed by atoms with Crippen molar-refractivity contribution in [3.63, 3.8) is 0 Å². The molecule has 3 aromatic rings. The monoisotopic (exact) mass is 458 g/mol. The van der Waals surface area contributed by atoms with Gasteiger partial charge in [-0.1, -0.05) is 6.07 Å². The summed E-state index contributed by atoms with van der Waals surface area (Å²) >= 11 is 2.30. The molecule has 0 aliphatic heterocycles. The smallest absolute Gasteiger partial charge is 0.336 e. The quantitative estimate of drug-likeness (QED) is 0.417. The molecule has 0 saturated carbocycles. The van der Waals surface area contributed by atoms with Crippen LogP contribution in [0.2, 0.25) is 0 Å².